The Hall–Kier alpha value is -0.380. The minimum absolute atomic E-state index is 0.0569. The van der Waals surface area contributed by atoms with Gasteiger partial charge in [0, 0.05) is 0 Å². The number of carbonyl (C=O) groups excluding carboxylic acids is 1. The molecule has 2 nitrogen and oxygen atoms in total. The van der Waals surface area contributed by atoms with E-state index in [1.165, 1.54) is 0 Å². The van der Waals surface area contributed by atoms with Gasteiger partial charge in [0.25, 0.3) is 0 Å². The number of hydrogen-bond donors (Lipinski definition) is 0. The van der Waals surface area contributed by atoms with Gasteiger partial charge in [-0.1, -0.05) is 23.2 Å². The highest BCUT2D eigenvalue weighted by molar-refractivity contribution is 6.37. The molecule has 0 unspecified atom stereocenters. The number of halogens is 4. The Morgan fingerprint density at radius 1 is 1.46 bits per heavy atom. The first kappa shape index (κ1) is 10.7. The molecule has 70 valence electrons. The molecule has 0 aliphatic heterocycles. The molecular weight excluding hydrogens is 239 g/mol. The zero-order chi connectivity index (χ0) is 10.0. The highest BCUT2D eigenvalue weighted by atomic mass is 35.5. The Morgan fingerprint density at radius 2 is 2.08 bits per heavy atom. The third-order valence-corrected chi connectivity index (χ3v) is 2.10. The van der Waals surface area contributed by atoms with E-state index in [4.69, 9.17) is 34.8 Å². The molecule has 0 amide bonds. The van der Waals surface area contributed by atoms with Crippen molar-refractivity contribution in [2.75, 3.05) is 5.88 Å². The van der Waals surface area contributed by atoms with Crippen LogP contribution in [0.4, 0.5) is 4.39 Å². The maximum atomic E-state index is 12.8. The van der Waals surface area contributed by atoms with Crippen molar-refractivity contribution in [2.24, 2.45) is 0 Å². The van der Waals surface area contributed by atoms with Gasteiger partial charge in [0.15, 0.2) is 16.8 Å². The second kappa shape index (κ2) is 4.22. The highest BCUT2D eigenvalue weighted by Crippen LogP contribution is 2.20. The van der Waals surface area contributed by atoms with Crippen molar-refractivity contribution in [3.05, 3.63) is 27.8 Å². The van der Waals surface area contributed by atoms with Gasteiger partial charge in [0.1, 0.15) is 5.15 Å². The molecule has 1 rings (SSSR count). The van der Waals surface area contributed by atoms with Gasteiger partial charge in [-0.15, -0.1) is 11.6 Å². The minimum atomic E-state index is -0.792. The van der Waals surface area contributed by atoms with E-state index in [2.05, 4.69) is 4.98 Å². The summed E-state index contributed by atoms with van der Waals surface area (Å²) in [6.07, 6.45) is 0. The first-order chi connectivity index (χ1) is 6.06. The van der Waals surface area contributed by atoms with Crippen molar-refractivity contribution in [1.29, 1.82) is 0 Å². The van der Waals surface area contributed by atoms with Crippen LogP contribution in [0.25, 0.3) is 0 Å². The average molecular weight is 242 g/mol. The number of pyridine rings is 1. The zero-order valence-corrected chi connectivity index (χ0v) is 8.42. The Bertz CT molecular complexity index is 356. The Balaban J connectivity index is 3.23. The highest BCUT2D eigenvalue weighted by Gasteiger charge is 2.14. The van der Waals surface area contributed by atoms with Crippen LogP contribution in [0.3, 0.4) is 0 Å². The molecule has 0 spiro atoms. The monoisotopic (exact) mass is 241 g/mol. The fraction of sp³-hybridized carbons (Fsp3) is 0.143. The predicted octanol–water partition coefficient (Wildman–Crippen LogP) is 2.95. The molecule has 0 saturated carbocycles. The van der Waals surface area contributed by atoms with Crippen LogP contribution in [0.5, 0.6) is 0 Å². The number of alkyl halides is 1. The number of ketones is 1. The van der Waals surface area contributed by atoms with Crippen molar-refractivity contribution in [2.45, 2.75) is 0 Å². The number of Topliss-reactive ketones (excluding diaryl/α,β-unsaturated/α-hetero) is 1. The lowest BCUT2D eigenvalue weighted by Gasteiger charge is -2.00. The summed E-state index contributed by atoms with van der Waals surface area (Å²) < 4.78 is 12.8. The maximum Gasteiger partial charge on any atom is 0.180 e. The number of hydrogen-bond acceptors (Lipinski definition) is 2. The molecule has 0 aromatic carbocycles. The van der Waals surface area contributed by atoms with Crippen LogP contribution in [0, 0.1) is 5.82 Å². The molecule has 13 heavy (non-hydrogen) atoms. The second-order valence-electron chi connectivity index (χ2n) is 2.16. The van der Waals surface area contributed by atoms with Crippen molar-refractivity contribution in [3.63, 3.8) is 0 Å². The van der Waals surface area contributed by atoms with Crippen LogP contribution in [-0.4, -0.2) is 16.6 Å². The van der Waals surface area contributed by atoms with Crippen LogP contribution in [-0.2, 0) is 0 Å². The summed E-state index contributed by atoms with van der Waals surface area (Å²) in [4.78, 5) is 14.5. The van der Waals surface area contributed by atoms with Gasteiger partial charge in [-0.3, -0.25) is 4.79 Å². The topological polar surface area (TPSA) is 30.0 Å². The largest absolute Gasteiger partial charge is 0.293 e. The molecule has 0 fully saturated rings. The summed E-state index contributed by atoms with van der Waals surface area (Å²) >= 11 is 16.1. The lowest BCUT2D eigenvalue weighted by molar-refractivity contribution is 0.102. The quantitative estimate of drug-likeness (QED) is 0.453. The zero-order valence-electron chi connectivity index (χ0n) is 6.15. The van der Waals surface area contributed by atoms with Gasteiger partial charge in [0.2, 0.25) is 0 Å². The minimum Gasteiger partial charge on any atom is -0.293 e. The normalized spacial score (nSPS) is 10.2. The van der Waals surface area contributed by atoms with E-state index in [1.807, 2.05) is 0 Å². The molecule has 0 radical (unpaired) electrons. The lowest BCUT2D eigenvalue weighted by atomic mass is 10.2. The van der Waals surface area contributed by atoms with E-state index < -0.39 is 11.6 Å². The number of carbonyl (C=O) groups is 1. The fourth-order valence-electron chi connectivity index (χ4n) is 0.713. The Morgan fingerprint density at radius 3 is 2.62 bits per heavy atom. The number of aromatic nitrogens is 1. The van der Waals surface area contributed by atoms with Gasteiger partial charge >= 0.3 is 0 Å². The molecule has 0 aliphatic carbocycles. The standard InChI is InChI=1S/C7H3Cl3FNO/c8-2-5(13)3-1-4(11)7(10)12-6(3)9/h1H,2H2. The molecule has 0 aliphatic rings. The summed E-state index contributed by atoms with van der Waals surface area (Å²) in [5, 5.41) is -0.506. The van der Waals surface area contributed by atoms with E-state index in [9.17, 15) is 9.18 Å². The van der Waals surface area contributed by atoms with E-state index in [-0.39, 0.29) is 21.7 Å². The van der Waals surface area contributed by atoms with Gasteiger partial charge in [0.05, 0.1) is 11.4 Å². The fourth-order valence-corrected chi connectivity index (χ4v) is 1.28. The lowest BCUT2D eigenvalue weighted by Crippen LogP contribution is -2.03. The summed E-state index contributed by atoms with van der Waals surface area (Å²) in [5.74, 6) is -1.56. The molecule has 1 aromatic heterocycles. The van der Waals surface area contributed by atoms with Crippen molar-refractivity contribution in [1.82, 2.24) is 4.98 Å². The van der Waals surface area contributed by atoms with E-state index in [0.29, 0.717) is 0 Å². The average Bonchev–Trinajstić information content (AvgIpc) is 2.10. The molecule has 0 bridgehead atoms. The molecule has 0 saturated heterocycles. The number of rotatable bonds is 2. The SMILES string of the molecule is O=C(CCl)c1cc(F)c(Cl)nc1Cl. The van der Waals surface area contributed by atoms with Crippen LogP contribution in [0.15, 0.2) is 6.07 Å². The molecule has 0 atom stereocenters. The third kappa shape index (κ3) is 2.30. The summed E-state index contributed by atoms with van der Waals surface area (Å²) in [7, 11) is 0. The van der Waals surface area contributed by atoms with Gasteiger partial charge in [-0.25, -0.2) is 9.37 Å². The van der Waals surface area contributed by atoms with E-state index in [0.717, 1.165) is 6.07 Å². The maximum absolute atomic E-state index is 12.8. The summed E-state index contributed by atoms with van der Waals surface area (Å²) in [6, 6.07) is 0.919. The predicted molar refractivity (Wildman–Crippen MR) is 49.3 cm³/mol. The van der Waals surface area contributed by atoms with Gasteiger partial charge in [-0.2, -0.15) is 0 Å². The molecule has 0 N–H and O–H groups in total. The first-order valence-corrected chi connectivity index (χ1v) is 4.46. The first-order valence-electron chi connectivity index (χ1n) is 3.17. The van der Waals surface area contributed by atoms with Crippen molar-refractivity contribution in [3.8, 4) is 0 Å². The smallest absolute Gasteiger partial charge is 0.180 e. The molecule has 1 heterocycles. The third-order valence-electron chi connectivity index (χ3n) is 1.31. The summed E-state index contributed by atoms with van der Waals surface area (Å²) in [6.45, 7) is 0. The second-order valence-corrected chi connectivity index (χ2v) is 3.14. The van der Waals surface area contributed by atoms with E-state index >= 15 is 0 Å². The van der Waals surface area contributed by atoms with Gasteiger partial charge in [-0.05, 0) is 6.07 Å². The molecule has 1 aromatic rings. The van der Waals surface area contributed by atoms with Crippen LogP contribution in [0.1, 0.15) is 10.4 Å². The number of nitrogens with zero attached hydrogens (tertiary/aromatic N) is 1. The van der Waals surface area contributed by atoms with Crippen LogP contribution < -0.4 is 0 Å². The summed E-state index contributed by atoms with van der Waals surface area (Å²) in [5.41, 5.74) is -0.0569. The molecular formula is C7H3Cl3FNO. The molecule has 6 heteroatoms. The van der Waals surface area contributed by atoms with Crippen LogP contribution >= 0.6 is 34.8 Å². The van der Waals surface area contributed by atoms with Gasteiger partial charge < -0.3 is 0 Å². The van der Waals surface area contributed by atoms with Crippen LogP contribution in [0.2, 0.25) is 10.3 Å². The Labute approximate surface area is 88.6 Å². The van der Waals surface area contributed by atoms with Crippen molar-refractivity contribution < 1.29 is 9.18 Å². The Kier molecular flexibility index (Phi) is 3.47. The van der Waals surface area contributed by atoms with Crippen molar-refractivity contribution >= 4 is 40.6 Å². The van der Waals surface area contributed by atoms with E-state index in [1.54, 1.807) is 0 Å².